The molecule has 0 aliphatic carbocycles. The molecule has 1 atom stereocenters. The monoisotopic (exact) mass is 403 g/mol. The second-order valence-electron chi connectivity index (χ2n) is 5.44. The summed E-state index contributed by atoms with van der Waals surface area (Å²) in [5, 5.41) is 0.615. The number of hydrogen-bond donors (Lipinski definition) is 0. The van der Waals surface area contributed by atoms with E-state index in [0.717, 1.165) is 17.3 Å². The third-order valence-electron chi connectivity index (χ3n) is 3.79. The van der Waals surface area contributed by atoms with Crippen LogP contribution in [-0.4, -0.2) is 28.2 Å². The molecule has 4 nitrogen and oxygen atoms in total. The van der Waals surface area contributed by atoms with E-state index in [0.29, 0.717) is 19.8 Å². The Hall–Kier alpha value is -2.15. The molecule has 0 N–H and O–H groups in total. The highest BCUT2D eigenvalue weighted by molar-refractivity contribution is 8.26. The summed E-state index contributed by atoms with van der Waals surface area (Å²) < 4.78 is 5.22. The lowest BCUT2D eigenvalue weighted by atomic mass is 10.1. The molecule has 1 amide bonds. The number of amides is 1. The minimum Gasteiger partial charge on any atom is -0.467 e. The van der Waals surface area contributed by atoms with E-state index < -0.39 is 12.0 Å². The maximum Gasteiger partial charge on any atom is 0.333 e. The Kier molecular flexibility index (Phi) is 5.76. The Morgan fingerprint density at radius 3 is 2.46 bits per heavy atom. The molecule has 1 aliphatic heterocycles. The molecule has 2 aromatic carbocycles. The van der Waals surface area contributed by atoms with Gasteiger partial charge in [0, 0.05) is 5.02 Å². The number of halogens is 1. The number of carbonyl (C=O) groups excluding carboxylic acids is 2. The van der Waals surface area contributed by atoms with Crippen LogP contribution in [0.25, 0.3) is 6.08 Å². The molecule has 3 rings (SSSR count). The van der Waals surface area contributed by atoms with E-state index in [1.54, 1.807) is 42.5 Å². The summed E-state index contributed by atoms with van der Waals surface area (Å²) in [5.74, 6) is -0.866. The van der Waals surface area contributed by atoms with E-state index in [1.807, 2.05) is 18.2 Å². The molecule has 1 saturated heterocycles. The van der Waals surface area contributed by atoms with Gasteiger partial charge in [0.2, 0.25) is 0 Å². The summed E-state index contributed by atoms with van der Waals surface area (Å²) in [4.78, 5) is 27.1. The normalized spacial score (nSPS) is 16.8. The van der Waals surface area contributed by atoms with Crippen molar-refractivity contribution in [2.45, 2.75) is 6.04 Å². The molecule has 0 saturated carbocycles. The average molecular weight is 404 g/mol. The van der Waals surface area contributed by atoms with Crippen molar-refractivity contribution < 1.29 is 14.3 Å². The lowest BCUT2D eigenvalue weighted by Gasteiger charge is -2.24. The van der Waals surface area contributed by atoms with Crippen LogP contribution in [0, 0.1) is 0 Å². The van der Waals surface area contributed by atoms with Gasteiger partial charge in [-0.05, 0) is 29.3 Å². The van der Waals surface area contributed by atoms with Gasteiger partial charge in [-0.15, -0.1) is 0 Å². The van der Waals surface area contributed by atoms with Gasteiger partial charge in [-0.2, -0.15) is 0 Å². The SMILES string of the molecule is COC(=O)C(c1ccccc1)N1C(=O)/C(=C\c2ccc(Cl)cc2)SC1=S. The topological polar surface area (TPSA) is 46.6 Å². The average Bonchev–Trinajstić information content (AvgIpc) is 2.92. The highest BCUT2D eigenvalue weighted by Gasteiger charge is 2.41. The number of esters is 1. The fourth-order valence-corrected chi connectivity index (χ4v) is 3.99. The Labute approximate surface area is 165 Å². The second kappa shape index (κ2) is 8.03. The molecule has 26 heavy (non-hydrogen) atoms. The molecule has 0 bridgehead atoms. The van der Waals surface area contributed by atoms with E-state index >= 15 is 0 Å². The minimum atomic E-state index is -0.912. The Balaban J connectivity index is 1.96. The maximum absolute atomic E-state index is 12.9. The van der Waals surface area contributed by atoms with Crippen LogP contribution in [-0.2, 0) is 14.3 Å². The van der Waals surface area contributed by atoms with Crippen LogP contribution in [0.15, 0.2) is 59.5 Å². The van der Waals surface area contributed by atoms with Gasteiger partial charge in [-0.25, -0.2) is 4.79 Å². The van der Waals surface area contributed by atoms with Gasteiger partial charge < -0.3 is 4.74 Å². The van der Waals surface area contributed by atoms with E-state index in [4.69, 9.17) is 28.6 Å². The van der Waals surface area contributed by atoms with Gasteiger partial charge in [-0.1, -0.05) is 78.0 Å². The fourth-order valence-electron chi connectivity index (χ4n) is 2.55. The lowest BCUT2D eigenvalue weighted by Crippen LogP contribution is -2.37. The van der Waals surface area contributed by atoms with Crippen molar-refractivity contribution >= 4 is 57.9 Å². The Morgan fingerprint density at radius 2 is 1.85 bits per heavy atom. The molecular formula is C19H14ClNO3S2. The van der Waals surface area contributed by atoms with Gasteiger partial charge in [-0.3, -0.25) is 9.69 Å². The van der Waals surface area contributed by atoms with Crippen molar-refractivity contribution in [3.63, 3.8) is 0 Å². The first-order valence-electron chi connectivity index (χ1n) is 7.66. The molecule has 0 spiro atoms. The van der Waals surface area contributed by atoms with E-state index in [2.05, 4.69) is 0 Å². The zero-order chi connectivity index (χ0) is 18.7. The standard InChI is InChI=1S/C19H14ClNO3S2/c1-24-18(23)16(13-5-3-2-4-6-13)21-17(22)15(26-19(21)25)11-12-7-9-14(20)10-8-12/h2-11,16H,1H3/b15-11+. The van der Waals surface area contributed by atoms with Crippen LogP contribution in [0.5, 0.6) is 0 Å². The highest BCUT2D eigenvalue weighted by atomic mass is 35.5. The summed E-state index contributed by atoms with van der Waals surface area (Å²) in [7, 11) is 1.29. The first kappa shape index (κ1) is 18.6. The number of rotatable bonds is 4. The van der Waals surface area contributed by atoms with Crippen LogP contribution < -0.4 is 0 Å². The quantitative estimate of drug-likeness (QED) is 0.428. The molecule has 132 valence electrons. The van der Waals surface area contributed by atoms with Gasteiger partial charge >= 0.3 is 5.97 Å². The summed E-state index contributed by atoms with van der Waals surface area (Å²) in [6.45, 7) is 0. The second-order valence-corrected chi connectivity index (χ2v) is 7.55. The number of thiocarbonyl (C=S) groups is 1. The summed E-state index contributed by atoms with van der Waals surface area (Å²) >= 11 is 12.4. The minimum absolute atomic E-state index is 0.314. The van der Waals surface area contributed by atoms with Crippen LogP contribution in [0.3, 0.4) is 0 Å². The summed E-state index contributed by atoms with van der Waals surface area (Å²) in [5.41, 5.74) is 1.47. The zero-order valence-corrected chi connectivity index (χ0v) is 16.1. The summed E-state index contributed by atoms with van der Waals surface area (Å²) in [6.07, 6.45) is 1.73. The predicted molar refractivity (Wildman–Crippen MR) is 108 cm³/mol. The summed E-state index contributed by atoms with van der Waals surface area (Å²) in [6, 6.07) is 15.2. The van der Waals surface area contributed by atoms with Gasteiger partial charge in [0.1, 0.15) is 4.32 Å². The lowest BCUT2D eigenvalue weighted by molar-refractivity contribution is -0.148. The maximum atomic E-state index is 12.9. The largest absolute Gasteiger partial charge is 0.467 e. The number of benzene rings is 2. The van der Waals surface area contributed by atoms with Crippen molar-refractivity contribution in [3.8, 4) is 0 Å². The van der Waals surface area contributed by atoms with Gasteiger partial charge in [0.25, 0.3) is 5.91 Å². The molecule has 1 aliphatic rings. The molecule has 1 unspecified atom stereocenters. The van der Waals surface area contributed by atoms with Gasteiger partial charge in [0.15, 0.2) is 6.04 Å². The van der Waals surface area contributed by atoms with E-state index in [1.165, 1.54) is 12.0 Å². The number of nitrogens with zero attached hydrogens (tertiary/aromatic N) is 1. The molecule has 2 aromatic rings. The molecule has 7 heteroatoms. The van der Waals surface area contributed by atoms with Crippen LogP contribution in [0.4, 0.5) is 0 Å². The van der Waals surface area contributed by atoms with Crippen molar-refractivity contribution in [1.82, 2.24) is 4.90 Å². The number of methoxy groups -OCH3 is 1. The van der Waals surface area contributed by atoms with Crippen LogP contribution >= 0.6 is 35.6 Å². The molecular weight excluding hydrogens is 390 g/mol. The Bertz CT molecular complexity index is 881. The van der Waals surface area contributed by atoms with Crippen LogP contribution in [0.1, 0.15) is 17.2 Å². The van der Waals surface area contributed by atoms with Crippen molar-refractivity contribution in [1.29, 1.82) is 0 Å². The van der Waals surface area contributed by atoms with E-state index in [-0.39, 0.29) is 5.91 Å². The molecule has 0 radical (unpaired) electrons. The third kappa shape index (κ3) is 3.82. The van der Waals surface area contributed by atoms with E-state index in [9.17, 15) is 9.59 Å². The van der Waals surface area contributed by atoms with Crippen molar-refractivity contribution in [3.05, 3.63) is 75.7 Å². The Morgan fingerprint density at radius 1 is 1.19 bits per heavy atom. The molecule has 1 fully saturated rings. The highest BCUT2D eigenvalue weighted by Crippen LogP contribution is 2.38. The van der Waals surface area contributed by atoms with Crippen molar-refractivity contribution in [2.24, 2.45) is 0 Å². The number of thioether (sulfide) groups is 1. The van der Waals surface area contributed by atoms with Crippen molar-refractivity contribution in [2.75, 3.05) is 7.11 Å². The molecule has 1 heterocycles. The zero-order valence-electron chi connectivity index (χ0n) is 13.7. The van der Waals surface area contributed by atoms with Crippen LogP contribution in [0.2, 0.25) is 5.02 Å². The smallest absolute Gasteiger partial charge is 0.333 e. The predicted octanol–water partition coefficient (Wildman–Crippen LogP) is 4.46. The van der Waals surface area contributed by atoms with Gasteiger partial charge in [0.05, 0.1) is 12.0 Å². The number of hydrogen-bond acceptors (Lipinski definition) is 5. The first-order valence-corrected chi connectivity index (χ1v) is 9.27. The molecule has 0 aromatic heterocycles. The third-order valence-corrected chi connectivity index (χ3v) is 5.37. The first-order chi connectivity index (χ1) is 12.5. The number of ether oxygens (including phenoxy) is 1. The number of carbonyl (C=O) groups is 2. The fraction of sp³-hybridized carbons (Fsp3) is 0.105.